The molecule has 0 spiro atoms. The largest absolute Gasteiger partial charge is 0.385 e. The van der Waals surface area contributed by atoms with E-state index in [2.05, 4.69) is 53.9 Å². The molecule has 0 unspecified atom stereocenters. The van der Waals surface area contributed by atoms with Crippen LogP contribution in [0.4, 0.5) is 0 Å². The molecule has 5 heteroatoms. The lowest BCUT2D eigenvalue weighted by molar-refractivity contribution is -0.138. The molecule has 0 amide bonds. The Morgan fingerprint density at radius 2 is 1.24 bits per heavy atom. The number of carbonyl (C=O) groups is 2. The van der Waals surface area contributed by atoms with Gasteiger partial charge in [0.25, 0.3) is 0 Å². The van der Waals surface area contributed by atoms with E-state index in [1.165, 1.54) is 11.1 Å². The summed E-state index contributed by atoms with van der Waals surface area (Å²) in [6, 6.07) is 20.1. The van der Waals surface area contributed by atoms with Gasteiger partial charge >= 0.3 is 0 Å². The summed E-state index contributed by atoms with van der Waals surface area (Å²) in [5.74, 6) is 0.351. The molecule has 0 radical (unpaired) electrons. The van der Waals surface area contributed by atoms with Crippen molar-refractivity contribution in [3.8, 4) is 0 Å². The first-order valence-electron chi connectivity index (χ1n) is 15.9. The van der Waals surface area contributed by atoms with Crippen molar-refractivity contribution in [3.05, 3.63) is 124 Å². The van der Waals surface area contributed by atoms with Gasteiger partial charge in [-0.15, -0.1) is 0 Å². The summed E-state index contributed by atoms with van der Waals surface area (Å²) >= 11 is 0. The minimum Gasteiger partial charge on any atom is -0.385 e. The van der Waals surface area contributed by atoms with E-state index >= 15 is 0 Å². The third-order valence-electron chi connectivity index (χ3n) is 11.3. The number of carbonyl (C=O) groups excluding carboxylic acids is 2. The van der Waals surface area contributed by atoms with E-state index in [1.807, 2.05) is 76.2 Å². The Labute approximate surface area is 268 Å². The van der Waals surface area contributed by atoms with Crippen LogP contribution < -0.4 is 0 Å². The van der Waals surface area contributed by atoms with Gasteiger partial charge in [-0.3, -0.25) is 0 Å². The van der Waals surface area contributed by atoms with Crippen LogP contribution in [0.1, 0.15) is 84.8 Å². The van der Waals surface area contributed by atoms with Crippen molar-refractivity contribution in [2.45, 2.75) is 79.2 Å². The number of nitrogens with zero attached hydrogens (tertiary/aromatic N) is 2. The van der Waals surface area contributed by atoms with Crippen molar-refractivity contribution < 1.29 is 14.7 Å². The zero-order chi connectivity index (χ0) is 32.8. The van der Waals surface area contributed by atoms with Crippen LogP contribution in [0.3, 0.4) is 0 Å². The maximum Gasteiger partial charge on any atom is 0.226 e. The number of hydrogen-bond donors (Lipinski definition) is 1. The van der Waals surface area contributed by atoms with Crippen molar-refractivity contribution >= 4 is 17.1 Å². The summed E-state index contributed by atoms with van der Waals surface area (Å²) in [6.45, 7) is 26.8. The normalized spacial score (nSPS) is 33.0. The molecule has 1 fully saturated rings. The van der Waals surface area contributed by atoms with E-state index in [0.717, 1.165) is 24.8 Å². The predicted molar refractivity (Wildman–Crippen MR) is 178 cm³/mol. The average Bonchev–Trinajstić information content (AvgIpc) is 3.01. The molecule has 2 aromatic rings. The Morgan fingerprint density at radius 3 is 1.80 bits per heavy atom. The first-order valence-corrected chi connectivity index (χ1v) is 15.9. The quantitative estimate of drug-likeness (QED) is 0.350. The van der Waals surface area contributed by atoms with Crippen LogP contribution in [0.2, 0.25) is 0 Å². The van der Waals surface area contributed by atoms with Crippen LogP contribution in [0.25, 0.3) is 15.3 Å². The van der Waals surface area contributed by atoms with Gasteiger partial charge in [0.15, 0.2) is 11.6 Å². The van der Waals surface area contributed by atoms with Crippen LogP contribution in [0.15, 0.2) is 90.3 Å². The van der Waals surface area contributed by atoms with Crippen LogP contribution in [0.5, 0.6) is 0 Å². The van der Waals surface area contributed by atoms with E-state index < -0.39 is 16.4 Å². The topological polar surface area (TPSA) is 63.1 Å². The number of rotatable bonds is 2. The summed E-state index contributed by atoms with van der Waals surface area (Å²) in [4.78, 5) is 32.0. The highest BCUT2D eigenvalue weighted by Gasteiger charge is 2.56. The van der Waals surface area contributed by atoms with Crippen molar-refractivity contribution in [3.63, 3.8) is 0 Å². The van der Waals surface area contributed by atoms with E-state index in [0.29, 0.717) is 18.5 Å². The molecule has 0 aliphatic heterocycles. The van der Waals surface area contributed by atoms with Gasteiger partial charge in [-0.1, -0.05) is 120 Å². The lowest BCUT2D eigenvalue weighted by Crippen LogP contribution is -2.52. The van der Waals surface area contributed by atoms with Gasteiger partial charge in [0.1, 0.15) is 0 Å². The van der Waals surface area contributed by atoms with Crippen molar-refractivity contribution in [2.75, 3.05) is 0 Å². The smallest absolute Gasteiger partial charge is 0.226 e. The maximum atomic E-state index is 12.6. The third kappa shape index (κ3) is 5.53. The van der Waals surface area contributed by atoms with Crippen molar-refractivity contribution in [2.24, 2.45) is 33.5 Å². The van der Waals surface area contributed by atoms with Crippen LogP contribution in [-0.4, -0.2) is 16.7 Å². The van der Waals surface area contributed by atoms with Gasteiger partial charge in [0.05, 0.1) is 18.7 Å². The van der Waals surface area contributed by atoms with Crippen LogP contribution in [-0.2, 0) is 15.2 Å². The zero-order valence-electron chi connectivity index (χ0n) is 27.4. The number of ketones is 2. The third-order valence-corrected chi connectivity index (χ3v) is 11.3. The average molecular weight is 601 g/mol. The molecule has 0 saturated heterocycles. The molecule has 6 rings (SSSR count). The van der Waals surface area contributed by atoms with Gasteiger partial charge in [0, 0.05) is 10.8 Å². The molecule has 2 aromatic carbocycles. The van der Waals surface area contributed by atoms with Crippen LogP contribution >= 0.6 is 0 Å². The molecular formula is C40H44N2O3. The predicted octanol–water partition coefficient (Wildman–Crippen LogP) is 8.99. The number of allylic oxidation sites excluding steroid dienone is 6. The van der Waals surface area contributed by atoms with E-state index in [4.69, 9.17) is 13.1 Å². The lowest BCUT2D eigenvalue weighted by Gasteiger charge is -2.54. The fourth-order valence-corrected chi connectivity index (χ4v) is 9.06. The Hall–Kier alpha value is -4.06. The highest BCUT2D eigenvalue weighted by molar-refractivity contribution is 6.03. The van der Waals surface area contributed by atoms with Gasteiger partial charge < -0.3 is 14.7 Å². The molecule has 45 heavy (non-hydrogen) atoms. The van der Waals surface area contributed by atoms with Crippen molar-refractivity contribution in [1.82, 2.24) is 0 Å². The first kappa shape index (κ1) is 32.3. The minimum atomic E-state index is -0.896. The summed E-state index contributed by atoms with van der Waals surface area (Å²) < 4.78 is 0. The van der Waals surface area contributed by atoms with Crippen molar-refractivity contribution in [1.29, 1.82) is 0 Å². The van der Waals surface area contributed by atoms with E-state index in [-0.39, 0.29) is 39.9 Å². The molecule has 4 aliphatic carbocycles. The zero-order valence-corrected chi connectivity index (χ0v) is 27.4. The molecule has 1 saturated carbocycles. The monoisotopic (exact) mass is 600 g/mol. The Balaban J connectivity index is 0.000000178. The maximum absolute atomic E-state index is 12.6. The molecule has 1 N–H and O–H groups in total. The Kier molecular flexibility index (Phi) is 8.18. The van der Waals surface area contributed by atoms with Gasteiger partial charge in [-0.2, -0.15) is 0 Å². The molecule has 0 aromatic heterocycles. The molecule has 4 aliphatic rings. The number of fused-ring (bicyclic) bond motifs is 2. The number of hydrogen-bond acceptors (Lipinski definition) is 3. The molecule has 5 atom stereocenters. The molecule has 0 heterocycles. The van der Waals surface area contributed by atoms with E-state index in [1.54, 1.807) is 0 Å². The Morgan fingerprint density at radius 1 is 0.733 bits per heavy atom. The molecule has 5 nitrogen and oxygen atoms in total. The molecular weight excluding hydrogens is 556 g/mol. The fourth-order valence-electron chi connectivity index (χ4n) is 9.06. The summed E-state index contributed by atoms with van der Waals surface area (Å²) in [6.07, 6.45) is 9.80. The van der Waals surface area contributed by atoms with Gasteiger partial charge in [-0.05, 0) is 71.5 Å². The molecule has 232 valence electrons. The highest BCUT2D eigenvalue weighted by Crippen LogP contribution is 2.59. The molecule has 0 bridgehead atoms. The second kappa shape index (κ2) is 11.4. The first-order chi connectivity index (χ1) is 21.1. The fraction of sp³-hybridized carbons (Fsp3) is 0.450. The van der Waals surface area contributed by atoms with E-state index in [9.17, 15) is 14.7 Å². The van der Waals surface area contributed by atoms with Crippen LogP contribution in [0, 0.1) is 46.6 Å². The SMILES string of the molecule is [C-]#[N+]C1=C[C@@]2(C)CC(c3ccccc3)=CC[C@@H]2C(C)(C)C1=O.[C-]#[N+]C1=C[C@@]2(C)C[C@](O)(c3ccccc3)CC[C@@H]2C(C)(C)C1=O. The second-order valence-corrected chi connectivity index (χ2v) is 15.1. The number of Topliss-reactive ketones (excluding diaryl/α,β-unsaturated/α-hetero) is 2. The second-order valence-electron chi connectivity index (χ2n) is 15.1. The number of benzene rings is 2. The van der Waals surface area contributed by atoms with Gasteiger partial charge in [-0.25, -0.2) is 9.69 Å². The summed E-state index contributed by atoms with van der Waals surface area (Å²) in [5, 5.41) is 11.3. The Bertz CT molecular complexity index is 1680. The number of aliphatic hydroxyl groups is 1. The lowest BCUT2D eigenvalue weighted by atomic mass is 9.50. The summed E-state index contributed by atoms with van der Waals surface area (Å²) in [5.41, 5.74) is 1.64. The van der Waals surface area contributed by atoms with Gasteiger partial charge in [0.2, 0.25) is 11.4 Å². The highest BCUT2D eigenvalue weighted by atomic mass is 16.3. The minimum absolute atomic E-state index is 0.00142. The standard InChI is InChI=1S/C20H23NO2.C20H21NO/c1-18(2)16-10-11-20(23,14-8-6-5-7-9-14)13-19(16,3)12-15(21-4)17(18)22;1-19(2)17-11-10-15(14-8-6-5-7-9-14)12-20(17,3)13-16(21-4)18(19)22/h5-9,12,16,23H,10-11,13H2,1-3H3;5-10,13,17H,11-12H2,1-3H3/t16-,19+,20+;17-,20-/m11/s1. The summed E-state index contributed by atoms with van der Waals surface area (Å²) in [7, 11) is 0.